The van der Waals surface area contributed by atoms with Gasteiger partial charge in [0.1, 0.15) is 0 Å². The summed E-state index contributed by atoms with van der Waals surface area (Å²) in [4.78, 5) is 16.0. The monoisotopic (exact) mass is 272 g/mol. The fraction of sp³-hybridized carbons (Fsp3) is 0.200. The molecule has 2 aromatic rings. The van der Waals surface area contributed by atoms with Crippen molar-refractivity contribution in [2.45, 2.75) is 6.10 Å². The van der Waals surface area contributed by atoms with Crippen LogP contribution in [-0.4, -0.2) is 40.4 Å². The first-order chi connectivity index (χ1) is 9.70. The molecule has 104 valence electrons. The minimum absolute atomic E-state index is 0.0251. The third kappa shape index (κ3) is 3.63. The second-order valence-electron chi connectivity index (χ2n) is 4.34. The van der Waals surface area contributed by atoms with Crippen LogP contribution < -0.4 is 5.32 Å². The van der Waals surface area contributed by atoms with Crippen LogP contribution in [0.1, 0.15) is 10.4 Å². The van der Waals surface area contributed by atoms with E-state index in [1.54, 1.807) is 18.3 Å². The van der Waals surface area contributed by atoms with Gasteiger partial charge in [-0.15, -0.1) is 0 Å². The molecule has 1 aromatic heterocycles. The summed E-state index contributed by atoms with van der Waals surface area (Å²) in [5, 5.41) is 20.4. The van der Waals surface area contributed by atoms with E-state index in [1.165, 1.54) is 0 Å². The lowest BCUT2D eigenvalue weighted by Crippen LogP contribution is -2.33. The van der Waals surface area contributed by atoms with E-state index < -0.39 is 6.10 Å². The topological polar surface area (TPSA) is 82.5 Å². The first kappa shape index (κ1) is 14.2. The van der Waals surface area contributed by atoms with Gasteiger partial charge in [-0.1, -0.05) is 18.2 Å². The van der Waals surface area contributed by atoms with Gasteiger partial charge in [0.25, 0.3) is 5.91 Å². The Morgan fingerprint density at radius 2 is 1.95 bits per heavy atom. The van der Waals surface area contributed by atoms with E-state index in [4.69, 9.17) is 5.11 Å². The van der Waals surface area contributed by atoms with Crippen molar-refractivity contribution in [3.05, 3.63) is 54.2 Å². The summed E-state index contributed by atoms with van der Waals surface area (Å²) >= 11 is 0. The number of hydrogen-bond acceptors (Lipinski definition) is 4. The van der Waals surface area contributed by atoms with Crippen molar-refractivity contribution < 1.29 is 15.0 Å². The van der Waals surface area contributed by atoms with Crippen molar-refractivity contribution in [1.82, 2.24) is 10.3 Å². The predicted octanol–water partition coefficient (Wildman–Crippen LogP) is 0.832. The van der Waals surface area contributed by atoms with Gasteiger partial charge in [0.2, 0.25) is 0 Å². The van der Waals surface area contributed by atoms with Crippen molar-refractivity contribution in [3.8, 4) is 11.3 Å². The lowest BCUT2D eigenvalue weighted by Gasteiger charge is -2.09. The van der Waals surface area contributed by atoms with E-state index in [9.17, 15) is 9.90 Å². The van der Waals surface area contributed by atoms with Crippen molar-refractivity contribution >= 4 is 5.91 Å². The van der Waals surface area contributed by atoms with Crippen molar-refractivity contribution in [2.75, 3.05) is 13.2 Å². The smallest absolute Gasteiger partial charge is 0.251 e. The Labute approximate surface area is 116 Å². The van der Waals surface area contributed by atoms with Crippen LogP contribution in [0.2, 0.25) is 0 Å². The highest BCUT2D eigenvalue weighted by molar-refractivity contribution is 5.94. The number of amides is 1. The Morgan fingerprint density at radius 3 is 2.55 bits per heavy atom. The third-order valence-electron chi connectivity index (χ3n) is 2.82. The van der Waals surface area contributed by atoms with Gasteiger partial charge < -0.3 is 15.5 Å². The quantitative estimate of drug-likeness (QED) is 0.753. The van der Waals surface area contributed by atoms with Crippen LogP contribution in [0.15, 0.2) is 48.7 Å². The number of carbonyl (C=O) groups is 1. The van der Waals surface area contributed by atoms with Crippen LogP contribution in [0.5, 0.6) is 0 Å². The van der Waals surface area contributed by atoms with E-state index in [1.807, 2.05) is 30.3 Å². The lowest BCUT2D eigenvalue weighted by molar-refractivity contribution is 0.0802. The maximum Gasteiger partial charge on any atom is 0.251 e. The zero-order chi connectivity index (χ0) is 14.4. The molecule has 1 heterocycles. The Balaban J connectivity index is 2.03. The summed E-state index contributed by atoms with van der Waals surface area (Å²) in [7, 11) is 0. The molecule has 5 heteroatoms. The highest BCUT2D eigenvalue weighted by atomic mass is 16.3. The summed E-state index contributed by atoms with van der Waals surface area (Å²) in [5.41, 5.74) is 2.27. The minimum atomic E-state index is -0.938. The van der Waals surface area contributed by atoms with Crippen molar-refractivity contribution in [3.63, 3.8) is 0 Å². The summed E-state index contributed by atoms with van der Waals surface area (Å²) < 4.78 is 0. The van der Waals surface area contributed by atoms with Gasteiger partial charge in [0.15, 0.2) is 0 Å². The third-order valence-corrected chi connectivity index (χ3v) is 2.82. The number of nitrogens with one attached hydrogen (secondary N) is 1. The number of aromatic nitrogens is 1. The predicted molar refractivity (Wildman–Crippen MR) is 75.1 cm³/mol. The first-order valence-corrected chi connectivity index (χ1v) is 6.29. The highest BCUT2D eigenvalue weighted by Gasteiger charge is 2.08. The van der Waals surface area contributed by atoms with E-state index >= 15 is 0 Å². The fourth-order valence-electron chi connectivity index (χ4n) is 1.70. The molecule has 1 unspecified atom stereocenters. The van der Waals surface area contributed by atoms with Gasteiger partial charge in [-0.25, -0.2) is 0 Å². The number of aliphatic hydroxyl groups is 2. The van der Waals surface area contributed by atoms with Crippen LogP contribution >= 0.6 is 0 Å². The molecule has 0 saturated heterocycles. The molecule has 3 N–H and O–H groups in total. The number of nitrogens with zero attached hydrogens (tertiary/aromatic N) is 1. The standard InChI is InChI=1S/C15H16N2O3/c18-10-13(19)9-17-15(20)12-6-4-11(5-7-12)14-3-1-2-8-16-14/h1-8,13,18-19H,9-10H2,(H,17,20). The van der Waals surface area contributed by atoms with E-state index in [0.29, 0.717) is 5.56 Å². The van der Waals surface area contributed by atoms with Crippen LogP contribution in [0, 0.1) is 0 Å². The van der Waals surface area contributed by atoms with Gasteiger partial charge in [0.05, 0.1) is 18.4 Å². The molecule has 1 aromatic carbocycles. The van der Waals surface area contributed by atoms with Crippen LogP contribution in [0.25, 0.3) is 11.3 Å². The zero-order valence-electron chi connectivity index (χ0n) is 10.9. The van der Waals surface area contributed by atoms with Crippen LogP contribution in [-0.2, 0) is 0 Å². The summed E-state index contributed by atoms with van der Waals surface area (Å²) in [6.45, 7) is -0.351. The molecule has 0 radical (unpaired) electrons. The molecule has 0 bridgehead atoms. The average Bonchev–Trinajstić information content (AvgIpc) is 2.53. The normalized spacial score (nSPS) is 11.9. The summed E-state index contributed by atoms with van der Waals surface area (Å²) in [6.07, 6.45) is 0.776. The molecule has 20 heavy (non-hydrogen) atoms. The van der Waals surface area contributed by atoms with Crippen molar-refractivity contribution in [2.24, 2.45) is 0 Å². The number of aliphatic hydroxyl groups excluding tert-OH is 2. The summed E-state index contributed by atoms with van der Waals surface area (Å²) in [6, 6.07) is 12.7. The Bertz CT molecular complexity index is 555. The molecule has 1 atom stereocenters. The molecular formula is C15H16N2O3. The number of benzene rings is 1. The molecule has 0 saturated carbocycles. The zero-order valence-corrected chi connectivity index (χ0v) is 10.9. The Kier molecular flexibility index (Phi) is 4.81. The van der Waals surface area contributed by atoms with Gasteiger partial charge >= 0.3 is 0 Å². The van der Waals surface area contributed by atoms with E-state index in [0.717, 1.165) is 11.3 Å². The Hall–Kier alpha value is -2.24. The fourth-order valence-corrected chi connectivity index (χ4v) is 1.70. The molecule has 0 fully saturated rings. The van der Waals surface area contributed by atoms with E-state index in [-0.39, 0.29) is 19.1 Å². The molecule has 1 amide bonds. The minimum Gasteiger partial charge on any atom is -0.394 e. The SMILES string of the molecule is O=C(NCC(O)CO)c1ccc(-c2ccccn2)cc1. The second-order valence-corrected chi connectivity index (χ2v) is 4.34. The van der Waals surface area contributed by atoms with E-state index in [2.05, 4.69) is 10.3 Å². The molecular weight excluding hydrogens is 256 g/mol. The van der Waals surface area contributed by atoms with Crippen LogP contribution in [0.4, 0.5) is 0 Å². The second kappa shape index (κ2) is 6.79. The van der Waals surface area contributed by atoms with Gasteiger partial charge in [-0.05, 0) is 24.3 Å². The van der Waals surface area contributed by atoms with Crippen molar-refractivity contribution in [1.29, 1.82) is 0 Å². The molecule has 5 nitrogen and oxygen atoms in total. The Morgan fingerprint density at radius 1 is 1.20 bits per heavy atom. The number of rotatable bonds is 5. The first-order valence-electron chi connectivity index (χ1n) is 6.29. The lowest BCUT2D eigenvalue weighted by atomic mass is 10.1. The molecule has 0 aliphatic carbocycles. The van der Waals surface area contributed by atoms with Gasteiger partial charge in [-0.2, -0.15) is 0 Å². The number of carbonyl (C=O) groups excluding carboxylic acids is 1. The molecule has 2 rings (SSSR count). The number of pyridine rings is 1. The van der Waals surface area contributed by atoms with Gasteiger partial charge in [-0.3, -0.25) is 9.78 Å². The summed E-state index contributed by atoms with van der Waals surface area (Å²) in [5.74, 6) is -0.287. The highest BCUT2D eigenvalue weighted by Crippen LogP contribution is 2.16. The van der Waals surface area contributed by atoms with Gasteiger partial charge in [0, 0.05) is 23.9 Å². The maximum atomic E-state index is 11.8. The number of hydrogen-bond donors (Lipinski definition) is 3. The molecule has 0 spiro atoms. The molecule has 0 aliphatic heterocycles. The average molecular weight is 272 g/mol. The van der Waals surface area contributed by atoms with Crippen LogP contribution in [0.3, 0.4) is 0 Å². The molecule has 0 aliphatic rings. The maximum absolute atomic E-state index is 11.8. The largest absolute Gasteiger partial charge is 0.394 e.